The highest BCUT2D eigenvalue weighted by Crippen LogP contribution is 1.87. The van der Waals surface area contributed by atoms with Crippen LogP contribution in [-0.2, 0) is 0 Å². The summed E-state index contributed by atoms with van der Waals surface area (Å²) in [6.07, 6.45) is 2.62. The fourth-order valence-electron chi connectivity index (χ4n) is 0.485. The molecule has 0 bridgehead atoms. The lowest BCUT2D eigenvalue weighted by molar-refractivity contribution is 0.250. The minimum atomic E-state index is 0.183. The first-order valence-corrected chi connectivity index (χ1v) is 2.74. The molecule has 8 heavy (non-hydrogen) atoms. The third-order valence-corrected chi connectivity index (χ3v) is 1.08. The molecule has 0 spiro atoms. The van der Waals surface area contributed by atoms with E-state index in [0.29, 0.717) is 0 Å². The molecule has 0 aliphatic carbocycles. The van der Waals surface area contributed by atoms with Crippen LogP contribution < -0.4 is 5.32 Å². The van der Waals surface area contributed by atoms with E-state index in [-0.39, 0.29) is 12.6 Å². The van der Waals surface area contributed by atoms with Crippen LogP contribution in [0.5, 0.6) is 0 Å². The molecular formula is C6H13NO. The predicted molar refractivity (Wildman–Crippen MR) is 34.7 cm³/mol. The first-order chi connectivity index (χ1) is 3.85. The number of nitrogens with one attached hydrogen (secondary N) is 1. The van der Waals surface area contributed by atoms with E-state index in [1.807, 2.05) is 7.05 Å². The molecule has 2 nitrogen and oxygen atoms in total. The lowest BCUT2D eigenvalue weighted by Gasteiger charge is -2.07. The van der Waals surface area contributed by atoms with E-state index in [1.54, 1.807) is 6.08 Å². The molecule has 0 radical (unpaired) electrons. The van der Waals surface area contributed by atoms with Crippen LogP contribution >= 0.6 is 0 Å². The Bertz CT molecular complexity index is 59.5. The van der Waals surface area contributed by atoms with Gasteiger partial charge in [-0.15, -0.1) is 6.58 Å². The van der Waals surface area contributed by atoms with Crippen molar-refractivity contribution in [2.75, 3.05) is 13.7 Å². The van der Waals surface area contributed by atoms with Crippen LogP contribution in [0.1, 0.15) is 6.42 Å². The summed E-state index contributed by atoms with van der Waals surface area (Å²) in [5.41, 5.74) is 0. The van der Waals surface area contributed by atoms with Crippen LogP contribution in [0.2, 0.25) is 0 Å². The topological polar surface area (TPSA) is 32.3 Å². The Balaban J connectivity index is 3.20. The van der Waals surface area contributed by atoms with Crippen molar-refractivity contribution >= 4 is 0 Å². The Morgan fingerprint density at radius 1 is 1.88 bits per heavy atom. The Hall–Kier alpha value is -0.340. The minimum Gasteiger partial charge on any atom is -0.395 e. The molecule has 0 fully saturated rings. The standard InChI is InChI=1S/C6H13NO/c1-3-4-6(5-8)7-2/h3,6-8H,1,4-5H2,2H3. The fraction of sp³-hybridized carbons (Fsp3) is 0.667. The van der Waals surface area contributed by atoms with Crippen LogP contribution in [0.15, 0.2) is 12.7 Å². The van der Waals surface area contributed by atoms with Gasteiger partial charge in [0.2, 0.25) is 0 Å². The molecule has 0 aliphatic rings. The van der Waals surface area contributed by atoms with Crippen LogP contribution in [0.3, 0.4) is 0 Å². The van der Waals surface area contributed by atoms with Crippen LogP contribution in [0.4, 0.5) is 0 Å². The second-order valence-electron chi connectivity index (χ2n) is 1.69. The lowest BCUT2D eigenvalue weighted by atomic mass is 10.2. The summed E-state index contributed by atoms with van der Waals surface area (Å²) in [4.78, 5) is 0. The zero-order valence-corrected chi connectivity index (χ0v) is 5.22. The zero-order chi connectivity index (χ0) is 6.41. The van der Waals surface area contributed by atoms with Crippen molar-refractivity contribution in [3.05, 3.63) is 12.7 Å². The van der Waals surface area contributed by atoms with E-state index in [4.69, 9.17) is 5.11 Å². The highest BCUT2D eigenvalue weighted by Gasteiger charge is 1.97. The quantitative estimate of drug-likeness (QED) is 0.511. The number of aliphatic hydroxyl groups excluding tert-OH is 1. The minimum absolute atomic E-state index is 0.183. The molecule has 2 heteroatoms. The molecule has 0 aromatic heterocycles. The van der Waals surface area contributed by atoms with Crippen LogP contribution in [-0.4, -0.2) is 24.8 Å². The largest absolute Gasteiger partial charge is 0.395 e. The number of rotatable bonds is 4. The van der Waals surface area contributed by atoms with Crippen molar-refractivity contribution in [3.8, 4) is 0 Å². The molecule has 2 N–H and O–H groups in total. The summed E-state index contributed by atoms with van der Waals surface area (Å²) in [6.45, 7) is 3.73. The Labute approximate surface area is 50.2 Å². The number of hydrogen-bond donors (Lipinski definition) is 2. The van der Waals surface area contributed by atoms with Gasteiger partial charge in [-0.1, -0.05) is 6.08 Å². The Kier molecular flexibility index (Phi) is 4.61. The van der Waals surface area contributed by atoms with E-state index in [1.165, 1.54) is 0 Å². The molecule has 0 amide bonds. The maximum absolute atomic E-state index is 8.55. The van der Waals surface area contributed by atoms with Crippen molar-refractivity contribution in [1.82, 2.24) is 5.32 Å². The summed E-state index contributed by atoms with van der Waals surface area (Å²) >= 11 is 0. The summed E-state index contributed by atoms with van der Waals surface area (Å²) < 4.78 is 0. The van der Waals surface area contributed by atoms with Crippen molar-refractivity contribution in [2.24, 2.45) is 0 Å². The SMILES string of the molecule is C=CCC(CO)NC. The van der Waals surface area contributed by atoms with Crippen molar-refractivity contribution in [1.29, 1.82) is 0 Å². The van der Waals surface area contributed by atoms with E-state index in [2.05, 4.69) is 11.9 Å². The Morgan fingerprint density at radius 3 is 2.62 bits per heavy atom. The van der Waals surface area contributed by atoms with E-state index in [9.17, 15) is 0 Å². The summed E-state index contributed by atoms with van der Waals surface area (Å²) in [7, 11) is 1.82. The van der Waals surface area contributed by atoms with E-state index >= 15 is 0 Å². The Morgan fingerprint density at radius 2 is 2.50 bits per heavy atom. The van der Waals surface area contributed by atoms with Gasteiger partial charge in [0.15, 0.2) is 0 Å². The van der Waals surface area contributed by atoms with Gasteiger partial charge >= 0.3 is 0 Å². The van der Waals surface area contributed by atoms with Gasteiger partial charge in [0, 0.05) is 6.04 Å². The van der Waals surface area contributed by atoms with Gasteiger partial charge in [-0.3, -0.25) is 0 Å². The second kappa shape index (κ2) is 4.81. The zero-order valence-electron chi connectivity index (χ0n) is 5.22. The van der Waals surface area contributed by atoms with Gasteiger partial charge in [-0.05, 0) is 13.5 Å². The molecule has 48 valence electrons. The molecular weight excluding hydrogens is 102 g/mol. The first kappa shape index (κ1) is 7.66. The molecule has 0 heterocycles. The molecule has 1 atom stereocenters. The van der Waals surface area contributed by atoms with Gasteiger partial charge in [0.05, 0.1) is 6.61 Å². The molecule has 0 aromatic rings. The van der Waals surface area contributed by atoms with Gasteiger partial charge in [-0.2, -0.15) is 0 Å². The summed E-state index contributed by atoms with van der Waals surface area (Å²) in [6, 6.07) is 0.187. The average Bonchev–Trinajstić information content (AvgIpc) is 1.83. The number of hydrogen-bond acceptors (Lipinski definition) is 2. The average molecular weight is 115 g/mol. The van der Waals surface area contributed by atoms with Crippen molar-refractivity contribution in [2.45, 2.75) is 12.5 Å². The van der Waals surface area contributed by atoms with Gasteiger partial charge in [0.1, 0.15) is 0 Å². The summed E-state index contributed by atoms with van der Waals surface area (Å²) in [5, 5.41) is 11.5. The smallest absolute Gasteiger partial charge is 0.0587 e. The van der Waals surface area contributed by atoms with Crippen molar-refractivity contribution in [3.63, 3.8) is 0 Å². The normalized spacial score (nSPS) is 13.2. The third-order valence-electron chi connectivity index (χ3n) is 1.08. The molecule has 0 aliphatic heterocycles. The van der Waals surface area contributed by atoms with Crippen molar-refractivity contribution < 1.29 is 5.11 Å². The van der Waals surface area contributed by atoms with Crippen LogP contribution in [0.25, 0.3) is 0 Å². The van der Waals surface area contributed by atoms with Gasteiger partial charge in [-0.25, -0.2) is 0 Å². The molecule has 0 saturated heterocycles. The van der Waals surface area contributed by atoms with Gasteiger partial charge < -0.3 is 10.4 Å². The van der Waals surface area contributed by atoms with Crippen LogP contribution in [0, 0.1) is 0 Å². The molecule has 1 unspecified atom stereocenters. The fourth-order valence-corrected chi connectivity index (χ4v) is 0.485. The lowest BCUT2D eigenvalue weighted by Crippen LogP contribution is -2.27. The maximum atomic E-state index is 8.55. The monoisotopic (exact) mass is 115 g/mol. The maximum Gasteiger partial charge on any atom is 0.0587 e. The molecule has 0 rings (SSSR count). The highest BCUT2D eigenvalue weighted by molar-refractivity contribution is 4.75. The number of aliphatic hydroxyl groups is 1. The third kappa shape index (κ3) is 2.77. The molecule has 0 saturated carbocycles. The highest BCUT2D eigenvalue weighted by atomic mass is 16.3. The number of likely N-dealkylation sites (N-methyl/N-ethyl adjacent to an activating group) is 1. The summed E-state index contributed by atoms with van der Waals surface area (Å²) in [5.74, 6) is 0. The molecule has 0 aromatic carbocycles. The second-order valence-corrected chi connectivity index (χ2v) is 1.69. The van der Waals surface area contributed by atoms with Gasteiger partial charge in [0.25, 0.3) is 0 Å². The first-order valence-electron chi connectivity index (χ1n) is 2.74. The van der Waals surface area contributed by atoms with E-state index < -0.39 is 0 Å². The van der Waals surface area contributed by atoms with E-state index in [0.717, 1.165) is 6.42 Å². The predicted octanol–water partition coefficient (Wildman–Crippen LogP) is 0.143.